The molecular weight excluding hydrogens is 782 g/mol. The molecule has 328 valence electrons. The van der Waals surface area contributed by atoms with Crippen molar-refractivity contribution in [3.8, 4) is 0 Å². The lowest BCUT2D eigenvalue weighted by Gasteiger charge is -2.39. The third-order valence-corrected chi connectivity index (χ3v) is 13.4. The van der Waals surface area contributed by atoms with Crippen LogP contribution in [0.5, 0.6) is 0 Å². The largest absolute Gasteiger partial charge is 0.444 e. The van der Waals surface area contributed by atoms with E-state index >= 15 is 4.39 Å². The Labute approximate surface area is 356 Å². The number of likely N-dealkylation sites (tertiary alicyclic amines) is 2. The predicted octanol–water partition coefficient (Wildman–Crippen LogP) is 4.88. The van der Waals surface area contributed by atoms with Crippen molar-refractivity contribution < 1.29 is 33.0 Å². The molecular formula is C46H60FN7O7. The number of H-pyrrole nitrogens is 1. The number of nitrogens with zero attached hydrogens (tertiary/aromatic N) is 5. The molecule has 4 heterocycles. The highest BCUT2D eigenvalue weighted by molar-refractivity contribution is 5.95. The summed E-state index contributed by atoms with van der Waals surface area (Å²) in [5.74, 6) is -0.598. The molecule has 14 nitrogen and oxygen atoms in total. The van der Waals surface area contributed by atoms with E-state index in [4.69, 9.17) is 9.47 Å². The number of amides is 4. The first-order chi connectivity index (χ1) is 29.3. The van der Waals surface area contributed by atoms with Gasteiger partial charge in [-0.1, -0.05) is 43.5 Å². The third kappa shape index (κ3) is 9.93. The number of benzene rings is 2. The number of hydrogen-bond acceptors (Lipinski definition) is 9. The second-order valence-corrected chi connectivity index (χ2v) is 18.8. The summed E-state index contributed by atoms with van der Waals surface area (Å²) < 4.78 is 27.3. The summed E-state index contributed by atoms with van der Waals surface area (Å²) in [6, 6.07) is 11.2. The maximum Gasteiger partial charge on any atom is 0.408 e. The summed E-state index contributed by atoms with van der Waals surface area (Å²) in [7, 11) is 0. The Kier molecular flexibility index (Phi) is 12.8. The highest BCUT2D eigenvalue weighted by atomic mass is 19.1. The fourth-order valence-electron chi connectivity index (χ4n) is 10.2. The number of fused-ring (bicyclic) bond motifs is 3. The zero-order valence-corrected chi connectivity index (χ0v) is 35.7. The molecule has 2 aliphatic carbocycles. The molecule has 0 radical (unpaired) electrons. The fraction of sp³-hybridized carbons (Fsp3) is 0.609. The van der Waals surface area contributed by atoms with Gasteiger partial charge in [-0.15, -0.1) is 0 Å². The van der Waals surface area contributed by atoms with Gasteiger partial charge in [0.2, 0.25) is 11.8 Å². The summed E-state index contributed by atoms with van der Waals surface area (Å²) in [5, 5.41) is 10.9. The van der Waals surface area contributed by atoms with Gasteiger partial charge < -0.3 is 29.5 Å². The number of ether oxygens (including phenoxy) is 2. The lowest BCUT2D eigenvalue weighted by Crippen LogP contribution is -2.56. The van der Waals surface area contributed by atoms with Crippen LogP contribution in [0, 0.1) is 17.7 Å². The Bertz CT molecular complexity index is 2150. The third-order valence-electron chi connectivity index (χ3n) is 13.4. The molecule has 61 heavy (non-hydrogen) atoms. The van der Waals surface area contributed by atoms with Gasteiger partial charge in [0.1, 0.15) is 17.5 Å². The van der Waals surface area contributed by atoms with Crippen LogP contribution >= 0.6 is 0 Å². The molecule has 2 N–H and O–H groups in total. The highest BCUT2D eigenvalue weighted by Crippen LogP contribution is 2.42. The molecule has 5 aliphatic rings. The Morgan fingerprint density at radius 3 is 2.30 bits per heavy atom. The van der Waals surface area contributed by atoms with E-state index in [2.05, 4.69) is 20.4 Å². The average Bonchev–Trinajstić information content (AvgIpc) is 3.86. The van der Waals surface area contributed by atoms with E-state index in [-0.39, 0.29) is 53.0 Å². The minimum atomic E-state index is -0.642. The van der Waals surface area contributed by atoms with Crippen LogP contribution in [0.3, 0.4) is 0 Å². The maximum absolute atomic E-state index is 15.0. The topological polar surface area (TPSA) is 157 Å². The zero-order chi connectivity index (χ0) is 42.8. The number of hydrogen-bond donors (Lipinski definition) is 2. The quantitative estimate of drug-likeness (QED) is 0.291. The van der Waals surface area contributed by atoms with E-state index in [1.54, 1.807) is 34.1 Å². The van der Waals surface area contributed by atoms with E-state index in [1.807, 2.05) is 37.8 Å². The number of piperidine rings is 2. The van der Waals surface area contributed by atoms with Crippen LogP contribution < -0.4 is 10.9 Å². The molecule has 8 rings (SSSR count). The maximum atomic E-state index is 15.0. The standard InChI is InChI=1S/C46H60FN7O7/c1-46(2,3)61-45(59)48-41(30-9-5-4-6-10-30)44(58)54-27-31-25-32(54)26-39(31)60-33-15-17-51(18-16-33)28-40(55)52-19-21-53(22-20-52)43(57)36-23-29(13-14-37(36)47)24-38-34-11-7-8-12-35(34)42(56)50-49-38/h7-8,11-14,23,30-33,39,41H,4-6,9-10,15-22,24-28H2,1-3H3,(H,48,59)(H,50,56)/t31-,32-,39-,41+/m0/s1. The molecule has 2 bridgehead atoms. The minimum Gasteiger partial charge on any atom is -0.444 e. The van der Waals surface area contributed by atoms with Crippen molar-refractivity contribution in [1.29, 1.82) is 0 Å². The van der Waals surface area contributed by atoms with Crippen LogP contribution in [-0.2, 0) is 25.5 Å². The molecule has 2 saturated carbocycles. The first kappa shape index (κ1) is 42.8. The summed E-state index contributed by atoms with van der Waals surface area (Å²) in [4.78, 5) is 73.6. The fourth-order valence-corrected chi connectivity index (χ4v) is 10.2. The van der Waals surface area contributed by atoms with Crippen LogP contribution in [-0.4, -0.2) is 136 Å². The van der Waals surface area contributed by atoms with E-state index in [0.29, 0.717) is 67.7 Å². The molecule has 2 aromatic carbocycles. The van der Waals surface area contributed by atoms with Gasteiger partial charge in [0, 0.05) is 69.6 Å². The van der Waals surface area contributed by atoms with E-state index in [1.165, 1.54) is 6.07 Å². The van der Waals surface area contributed by atoms with Gasteiger partial charge in [-0.05, 0) is 89.0 Å². The second-order valence-electron chi connectivity index (χ2n) is 18.8. The van der Waals surface area contributed by atoms with Gasteiger partial charge in [-0.2, -0.15) is 5.10 Å². The molecule has 3 aliphatic heterocycles. The number of carbonyl (C=O) groups is 4. The lowest BCUT2D eigenvalue weighted by molar-refractivity contribution is -0.140. The van der Waals surface area contributed by atoms with Crippen LogP contribution in [0.2, 0.25) is 0 Å². The van der Waals surface area contributed by atoms with E-state index in [0.717, 1.165) is 70.9 Å². The first-order valence-electron chi connectivity index (χ1n) is 22.3. The molecule has 1 aromatic heterocycles. The lowest BCUT2D eigenvalue weighted by atomic mass is 9.83. The predicted molar refractivity (Wildman–Crippen MR) is 226 cm³/mol. The number of aromatic nitrogens is 2. The smallest absolute Gasteiger partial charge is 0.408 e. The van der Waals surface area contributed by atoms with Gasteiger partial charge in [0.05, 0.1) is 35.4 Å². The van der Waals surface area contributed by atoms with Crippen LogP contribution in [0.1, 0.15) is 100 Å². The van der Waals surface area contributed by atoms with Gasteiger partial charge >= 0.3 is 6.09 Å². The van der Waals surface area contributed by atoms with E-state index < -0.39 is 29.5 Å². The molecule has 5 fully saturated rings. The Balaban J connectivity index is 0.771. The van der Waals surface area contributed by atoms with Crippen molar-refractivity contribution in [2.75, 3.05) is 52.4 Å². The second kappa shape index (κ2) is 18.2. The summed E-state index contributed by atoms with van der Waals surface area (Å²) >= 11 is 0. The van der Waals surface area contributed by atoms with Crippen molar-refractivity contribution in [3.05, 3.63) is 75.5 Å². The van der Waals surface area contributed by atoms with Crippen molar-refractivity contribution >= 4 is 34.6 Å². The summed E-state index contributed by atoms with van der Waals surface area (Å²) in [5.41, 5.74) is 0.371. The van der Waals surface area contributed by atoms with E-state index in [9.17, 15) is 24.0 Å². The Morgan fingerprint density at radius 2 is 1.61 bits per heavy atom. The summed E-state index contributed by atoms with van der Waals surface area (Å²) in [6.07, 6.45) is 8.51. The molecule has 15 heteroatoms. The van der Waals surface area contributed by atoms with Crippen LogP contribution in [0.25, 0.3) is 10.8 Å². The molecule has 0 spiro atoms. The number of rotatable bonds is 10. The molecule has 3 saturated heterocycles. The number of alkyl carbamates (subject to hydrolysis) is 1. The van der Waals surface area contributed by atoms with Gasteiger partial charge in [-0.3, -0.25) is 24.1 Å². The van der Waals surface area contributed by atoms with Crippen molar-refractivity contribution in [1.82, 2.24) is 35.1 Å². The van der Waals surface area contributed by atoms with Gasteiger partial charge in [-0.25, -0.2) is 14.3 Å². The zero-order valence-electron chi connectivity index (χ0n) is 35.7. The van der Waals surface area contributed by atoms with Gasteiger partial charge in [0.25, 0.3) is 11.5 Å². The van der Waals surface area contributed by atoms with Crippen LogP contribution in [0.4, 0.5) is 9.18 Å². The Hall–Kier alpha value is -4.89. The summed E-state index contributed by atoms with van der Waals surface area (Å²) in [6.45, 7) is 9.31. The Morgan fingerprint density at radius 1 is 0.902 bits per heavy atom. The SMILES string of the molecule is CC(C)(C)OC(=O)N[C@@H](C(=O)N1C[C@@H]2C[C@H]1C[C@@H]2OC1CCN(CC(=O)N2CCN(C(=O)c3cc(Cc4n[nH]c(=O)c5ccccc45)ccc3F)CC2)CC1)C1CCCCC1. The van der Waals surface area contributed by atoms with Crippen molar-refractivity contribution in [2.24, 2.45) is 11.8 Å². The van der Waals surface area contributed by atoms with Gasteiger partial charge in [0.15, 0.2) is 0 Å². The normalized spacial score (nSPS) is 23.3. The average molecular weight is 842 g/mol. The minimum absolute atomic E-state index is 0.0148. The molecule has 4 atom stereocenters. The van der Waals surface area contributed by atoms with Crippen LogP contribution in [0.15, 0.2) is 47.3 Å². The monoisotopic (exact) mass is 841 g/mol. The number of carbonyl (C=O) groups excluding carboxylic acids is 4. The number of nitrogens with one attached hydrogen (secondary N) is 2. The highest BCUT2D eigenvalue weighted by Gasteiger charge is 2.50. The number of piperazine rings is 1. The molecule has 4 amide bonds. The molecule has 0 unspecified atom stereocenters. The number of halogens is 1. The van der Waals surface area contributed by atoms with Crippen molar-refractivity contribution in [3.63, 3.8) is 0 Å². The molecule has 3 aromatic rings. The number of aromatic amines is 1. The first-order valence-corrected chi connectivity index (χ1v) is 22.3. The van der Waals surface area contributed by atoms with Crippen molar-refractivity contribution in [2.45, 2.75) is 115 Å².